The average Bonchev–Trinajstić information content (AvgIpc) is 2.86. The molecule has 3 heteroatoms. The van der Waals surface area contributed by atoms with E-state index in [4.69, 9.17) is 4.74 Å². The molecule has 0 aromatic rings. The zero-order valence-electron chi connectivity index (χ0n) is 13.3. The molecule has 1 N–H and O–H groups in total. The zero-order valence-corrected chi connectivity index (χ0v) is 14.1. The Morgan fingerprint density at radius 2 is 2.05 bits per heavy atom. The molecule has 2 rings (SSSR count). The summed E-state index contributed by atoms with van der Waals surface area (Å²) in [7, 11) is 0. The molecule has 112 valence electrons. The van der Waals surface area contributed by atoms with Crippen LogP contribution in [0.4, 0.5) is 0 Å². The first-order chi connectivity index (χ1) is 8.86. The Morgan fingerprint density at radius 1 is 1.32 bits per heavy atom. The molecule has 0 aromatic carbocycles. The van der Waals surface area contributed by atoms with Crippen molar-refractivity contribution >= 4 is 11.8 Å². The number of rotatable bonds is 5. The van der Waals surface area contributed by atoms with Gasteiger partial charge in [0.15, 0.2) is 0 Å². The van der Waals surface area contributed by atoms with Gasteiger partial charge < -0.3 is 10.1 Å². The van der Waals surface area contributed by atoms with E-state index in [0.717, 1.165) is 11.8 Å². The average molecular weight is 285 g/mol. The van der Waals surface area contributed by atoms with Gasteiger partial charge >= 0.3 is 0 Å². The maximum atomic E-state index is 6.32. The van der Waals surface area contributed by atoms with E-state index in [1.807, 2.05) is 0 Å². The molecule has 19 heavy (non-hydrogen) atoms. The highest BCUT2D eigenvalue weighted by Crippen LogP contribution is 2.46. The summed E-state index contributed by atoms with van der Waals surface area (Å²) in [5.74, 6) is 1.97. The van der Waals surface area contributed by atoms with Gasteiger partial charge in [-0.25, -0.2) is 0 Å². The summed E-state index contributed by atoms with van der Waals surface area (Å²) in [5.41, 5.74) is 0.0294. The van der Waals surface area contributed by atoms with Gasteiger partial charge in [0.05, 0.1) is 11.2 Å². The highest BCUT2D eigenvalue weighted by atomic mass is 32.2. The number of ether oxygens (including phenoxy) is 1. The summed E-state index contributed by atoms with van der Waals surface area (Å²) in [6.45, 7) is 12.4. The molecule has 3 unspecified atom stereocenters. The first-order valence-electron chi connectivity index (χ1n) is 7.91. The topological polar surface area (TPSA) is 21.3 Å². The van der Waals surface area contributed by atoms with Crippen LogP contribution in [0.15, 0.2) is 0 Å². The quantitative estimate of drug-likeness (QED) is 0.829. The van der Waals surface area contributed by atoms with E-state index < -0.39 is 0 Å². The minimum atomic E-state index is -0.00193. The standard InChI is InChI=1S/C16H31NOS/c1-6-9-17-14(13-8-7-10-19-13)12-11-15(2,3)18-16(12,4)5/h12-14,17H,6-11H2,1-5H3. The summed E-state index contributed by atoms with van der Waals surface area (Å²) in [6.07, 6.45) is 5.15. The van der Waals surface area contributed by atoms with Gasteiger partial charge in [-0.15, -0.1) is 0 Å². The minimum Gasteiger partial charge on any atom is -0.369 e. The summed E-state index contributed by atoms with van der Waals surface area (Å²) in [4.78, 5) is 0. The predicted molar refractivity (Wildman–Crippen MR) is 84.9 cm³/mol. The van der Waals surface area contributed by atoms with Crippen LogP contribution in [0.3, 0.4) is 0 Å². The molecular formula is C16H31NOS. The highest BCUT2D eigenvalue weighted by molar-refractivity contribution is 8.00. The lowest BCUT2D eigenvalue weighted by molar-refractivity contribution is -0.0777. The fourth-order valence-electron chi connectivity index (χ4n) is 3.89. The van der Waals surface area contributed by atoms with E-state index in [1.165, 1.54) is 31.4 Å². The molecule has 0 bridgehead atoms. The summed E-state index contributed by atoms with van der Waals surface area (Å²) in [5, 5.41) is 4.63. The first kappa shape index (κ1) is 15.7. The molecule has 0 saturated carbocycles. The lowest BCUT2D eigenvalue weighted by Crippen LogP contribution is -2.49. The number of hydrogen-bond donors (Lipinski definition) is 1. The van der Waals surface area contributed by atoms with Crippen LogP contribution in [0, 0.1) is 5.92 Å². The van der Waals surface area contributed by atoms with Gasteiger partial charge in [0.25, 0.3) is 0 Å². The lowest BCUT2D eigenvalue weighted by Gasteiger charge is -2.36. The van der Waals surface area contributed by atoms with Crippen molar-refractivity contribution < 1.29 is 4.74 Å². The maximum absolute atomic E-state index is 6.32. The van der Waals surface area contributed by atoms with Crippen molar-refractivity contribution in [3.63, 3.8) is 0 Å². The summed E-state index contributed by atoms with van der Waals surface area (Å²) in [6, 6.07) is 0.615. The molecule has 0 radical (unpaired) electrons. The maximum Gasteiger partial charge on any atom is 0.0678 e. The predicted octanol–water partition coefficient (Wildman–Crippen LogP) is 3.84. The van der Waals surface area contributed by atoms with Crippen LogP contribution in [0.25, 0.3) is 0 Å². The molecule has 0 spiro atoms. The van der Waals surface area contributed by atoms with Gasteiger partial charge in [-0.2, -0.15) is 11.8 Å². The second kappa shape index (κ2) is 5.95. The van der Waals surface area contributed by atoms with Crippen LogP contribution >= 0.6 is 11.8 Å². The van der Waals surface area contributed by atoms with Crippen molar-refractivity contribution in [2.75, 3.05) is 12.3 Å². The first-order valence-corrected chi connectivity index (χ1v) is 8.96. The van der Waals surface area contributed by atoms with Gasteiger partial charge in [0, 0.05) is 17.2 Å². The molecule has 2 nitrogen and oxygen atoms in total. The van der Waals surface area contributed by atoms with E-state index in [-0.39, 0.29) is 11.2 Å². The van der Waals surface area contributed by atoms with E-state index >= 15 is 0 Å². The van der Waals surface area contributed by atoms with E-state index in [9.17, 15) is 0 Å². The Labute approximate surface area is 123 Å². The van der Waals surface area contributed by atoms with Crippen molar-refractivity contribution in [2.45, 2.75) is 82.8 Å². The normalized spacial score (nSPS) is 34.6. The molecule has 2 saturated heterocycles. The third kappa shape index (κ3) is 3.68. The molecule has 2 aliphatic rings. The SMILES string of the molecule is CCCNC(C1CCCS1)C1CC(C)(C)OC1(C)C. The molecule has 0 aliphatic carbocycles. The molecular weight excluding hydrogens is 254 g/mol. The second-order valence-electron chi connectivity index (χ2n) is 7.31. The fraction of sp³-hybridized carbons (Fsp3) is 1.00. The van der Waals surface area contributed by atoms with Crippen LogP contribution in [0.5, 0.6) is 0 Å². The van der Waals surface area contributed by atoms with Crippen LogP contribution < -0.4 is 5.32 Å². The molecule has 3 atom stereocenters. The van der Waals surface area contributed by atoms with Crippen LogP contribution in [-0.2, 0) is 4.74 Å². The van der Waals surface area contributed by atoms with Crippen molar-refractivity contribution in [3.05, 3.63) is 0 Å². The minimum absolute atomic E-state index is 0.00193. The molecule has 2 aliphatic heterocycles. The smallest absolute Gasteiger partial charge is 0.0678 e. The second-order valence-corrected chi connectivity index (χ2v) is 8.65. The van der Waals surface area contributed by atoms with E-state index in [1.54, 1.807) is 0 Å². The van der Waals surface area contributed by atoms with Crippen LogP contribution in [-0.4, -0.2) is 34.8 Å². The third-order valence-electron chi connectivity index (χ3n) is 4.57. The van der Waals surface area contributed by atoms with Gasteiger partial charge in [0.1, 0.15) is 0 Å². The van der Waals surface area contributed by atoms with Gasteiger partial charge in [-0.05, 0) is 65.7 Å². The molecule has 2 fully saturated rings. The van der Waals surface area contributed by atoms with E-state index in [2.05, 4.69) is 51.7 Å². The molecule has 2 heterocycles. The summed E-state index contributed by atoms with van der Waals surface area (Å²) >= 11 is 2.17. The Kier molecular flexibility index (Phi) is 4.90. The van der Waals surface area contributed by atoms with Crippen molar-refractivity contribution in [2.24, 2.45) is 5.92 Å². The Bertz CT molecular complexity index is 297. The Balaban J connectivity index is 2.12. The third-order valence-corrected chi connectivity index (χ3v) is 6.05. The number of nitrogens with one attached hydrogen (secondary N) is 1. The van der Waals surface area contributed by atoms with Gasteiger partial charge in [-0.3, -0.25) is 0 Å². The fourth-order valence-corrected chi connectivity index (χ4v) is 5.36. The van der Waals surface area contributed by atoms with Crippen LogP contribution in [0.2, 0.25) is 0 Å². The van der Waals surface area contributed by atoms with Crippen molar-refractivity contribution in [3.8, 4) is 0 Å². The number of thioether (sulfide) groups is 1. The summed E-state index contributed by atoms with van der Waals surface area (Å²) < 4.78 is 6.32. The molecule has 0 aromatic heterocycles. The lowest BCUT2D eigenvalue weighted by atomic mass is 9.79. The largest absolute Gasteiger partial charge is 0.369 e. The van der Waals surface area contributed by atoms with Crippen molar-refractivity contribution in [1.82, 2.24) is 5.32 Å². The Hall–Kier alpha value is 0.270. The molecule has 0 amide bonds. The zero-order chi connectivity index (χ0) is 14.1. The number of hydrogen-bond acceptors (Lipinski definition) is 3. The Morgan fingerprint density at radius 3 is 2.53 bits per heavy atom. The van der Waals surface area contributed by atoms with E-state index in [0.29, 0.717) is 12.0 Å². The highest BCUT2D eigenvalue weighted by Gasteiger charge is 2.50. The van der Waals surface area contributed by atoms with Crippen LogP contribution in [0.1, 0.15) is 60.3 Å². The monoisotopic (exact) mass is 285 g/mol. The van der Waals surface area contributed by atoms with Crippen molar-refractivity contribution in [1.29, 1.82) is 0 Å². The van der Waals surface area contributed by atoms with Gasteiger partial charge in [-0.1, -0.05) is 6.92 Å². The van der Waals surface area contributed by atoms with Gasteiger partial charge in [0.2, 0.25) is 0 Å².